The third-order valence-corrected chi connectivity index (χ3v) is 4.00. The second-order valence-corrected chi connectivity index (χ2v) is 6.62. The minimum absolute atomic E-state index is 0.426. The van der Waals surface area contributed by atoms with Gasteiger partial charge in [-0.1, -0.05) is 41.4 Å². The van der Waals surface area contributed by atoms with Crippen LogP contribution in [-0.2, 0) is 6.54 Å². The fraction of sp³-hybridized carbons (Fsp3) is 0.294. The molecule has 21 heavy (non-hydrogen) atoms. The van der Waals surface area contributed by atoms with E-state index < -0.39 is 0 Å². The molecule has 112 valence electrons. The number of halogens is 2. The van der Waals surface area contributed by atoms with E-state index in [-0.39, 0.29) is 0 Å². The molecular weight excluding hydrogens is 350 g/mol. The van der Waals surface area contributed by atoms with Gasteiger partial charge in [0.25, 0.3) is 0 Å². The van der Waals surface area contributed by atoms with Crippen LogP contribution in [0.2, 0.25) is 5.02 Å². The topological polar surface area (TPSA) is 21.3 Å². The highest BCUT2D eigenvalue weighted by Gasteiger charge is 2.08. The van der Waals surface area contributed by atoms with Crippen molar-refractivity contribution in [3.8, 4) is 11.5 Å². The molecule has 0 saturated heterocycles. The fourth-order valence-electron chi connectivity index (χ4n) is 1.91. The van der Waals surface area contributed by atoms with Crippen molar-refractivity contribution >= 4 is 27.5 Å². The van der Waals surface area contributed by atoms with Gasteiger partial charge in [0.05, 0.1) is 0 Å². The molecule has 1 N–H and O–H groups in total. The molecule has 0 aliphatic carbocycles. The van der Waals surface area contributed by atoms with Crippen LogP contribution < -0.4 is 10.1 Å². The molecular formula is C17H19BrClNO. The van der Waals surface area contributed by atoms with Crippen molar-refractivity contribution in [2.45, 2.75) is 33.4 Å². The van der Waals surface area contributed by atoms with E-state index >= 15 is 0 Å². The van der Waals surface area contributed by atoms with Gasteiger partial charge in [0, 0.05) is 27.6 Å². The van der Waals surface area contributed by atoms with E-state index in [4.69, 9.17) is 16.3 Å². The SMILES string of the molecule is Cc1cc(Oc2ccc(Br)cc2CNC(C)C)ccc1Cl. The van der Waals surface area contributed by atoms with Gasteiger partial charge in [-0.2, -0.15) is 0 Å². The van der Waals surface area contributed by atoms with Crippen LogP contribution in [0.1, 0.15) is 25.0 Å². The molecule has 0 unspecified atom stereocenters. The Morgan fingerprint density at radius 1 is 1.19 bits per heavy atom. The van der Waals surface area contributed by atoms with Crippen LogP contribution in [0.5, 0.6) is 11.5 Å². The zero-order valence-corrected chi connectivity index (χ0v) is 14.8. The first-order chi connectivity index (χ1) is 9.95. The van der Waals surface area contributed by atoms with Gasteiger partial charge in [0.2, 0.25) is 0 Å². The Bertz CT molecular complexity index is 628. The molecule has 0 radical (unpaired) electrons. The predicted octanol–water partition coefficient (Wildman–Crippen LogP) is 5.70. The second-order valence-electron chi connectivity index (χ2n) is 5.30. The summed E-state index contributed by atoms with van der Waals surface area (Å²) in [4.78, 5) is 0. The number of hydrogen-bond acceptors (Lipinski definition) is 2. The lowest BCUT2D eigenvalue weighted by molar-refractivity contribution is 0.469. The largest absolute Gasteiger partial charge is 0.457 e. The van der Waals surface area contributed by atoms with Gasteiger partial charge < -0.3 is 10.1 Å². The first kappa shape index (κ1) is 16.3. The highest BCUT2D eigenvalue weighted by molar-refractivity contribution is 9.10. The van der Waals surface area contributed by atoms with E-state index in [1.54, 1.807) is 0 Å². The van der Waals surface area contributed by atoms with E-state index in [0.717, 1.165) is 38.7 Å². The summed E-state index contributed by atoms with van der Waals surface area (Å²) in [6, 6.07) is 12.2. The van der Waals surface area contributed by atoms with Crippen molar-refractivity contribution in [1.82, 2.24) is 5.32 Å². The Labute approximate surface area is 139 Å². The summed E-state index contributed by atoms with van der Waals surface area (Å²) in [5.41, 5.74) is 2.12. The zero-order valence-electron chi connectivity index (χ0n) is 12.4. The van der Waals surface area contributed by atoms with Crippen LogP contribution >= 0.6 is 27.5 Å². The van der Waals surface area contributed by atoms with Crippen molar-refractivity contribution in [3.63, 3.8) is 0 Å². The van der Waals surface area contributed by atoms with Gasteiger partial charge in [-0.25, -0.2) is 0 Å². The Hall–Kier alpha value is -1.03. The molecule has 0 amide bonds. The lowest BCUT2D eigenvalue weighted by Crippen LogP contribution is -2.22. The lowest BCUT2D eigenvalue weighted by atomic mass is 10.2. The van der Waals surface area contributed by atoms with Crippen LogP contribution in [0.15, 0.2) is 40.9 Å². The van der Waals surface area contributed by atoms with E-state index in [9.17, 15) is 0 Å². The standard InChI is InChI=1S/C17H19BrClNO/c1-11(2)20-10-13-9-14(18)4-7-17(13)21-15-5-6-16(19)12(3)8-15/h4-9,11,20H,10H2,1-3H3. The van der Waals surface area contributed by atoms with Gasteiger partial charge in [0.15, 0.2) is 0 Å². The summed E-state index contributed by atoms with van der Waals surface area (Å²) in [6.45, 7) is 6.99. The molecule has 0 spiro atoms. The maximum absolute atomic E-state index is 6.05. The van der Waals surface area contributed by atoms with Gasteiger partial charge in [-0.15, -0.1) is 0 Å². The third-order valence-electron chi connectivity index (χ3n) is 3.08. The molecule has 0 heterocycles. The Kier molecular flexibility index (Phi) is 5.68. The fourth-order valence-corrected chi connectivity index (χ4v) is 2.43. The third kappa shape index (κ3) is 4.73. The molecule has 0 bridgehead atoms. The second kappa shape index (κ2) is 7.30. The van der Waals surface area contributed by atoms with Crippen LogP contribution in [0.4, 0.5) is 0 Å². The summed E-state index contributed by atoms with van der Waals surface area (Å²) in [5, 5.41) is 4.16. The molecule has 4 heteroatoms. The first-order valence-electron chi connectivity index (χ1n) is 6.91. The van der Waals surface area contributed by atoms with Crippen LogP contribution in [0.25, 0.3) is 0 Å². The number of aryl methyl sites for hydroxylation is 1. The summed E-state index contributed by atoms with van der Waals surface area (Å²) in [7, 11) is 0. The average molecular weight is 369 g/mol. The number of hydrogen-bond donors (Lipinski definition) is 1. The minimum atomic E-state index is 0.426. The number of benzene rings is 2. The van der Waals surface area contributed by atoms with Gasteiger partial charge in [-0.3, -0.25) is 0 Å². The summed E-state index contributed by atoms with van der Waals surface area (Å²) >= 11 is 9.56. The number of rotatable bonds is 5. The summed E-state index contributed by atoms with van der Waals surface area (Å²) in [5.74, 6) is 1.65. The van der Waals surface area contributed by atoms with Crippen molar-refractivity contribution in [2.24, 2.45) is 0 Å². The lowest BCUT2D eigenvalue weighted by Gasteiger charge is -2.14. The molecule has 0 atom stereocenters. The van der Waals surface area contributed by atoms with Crippen molar-refractivity contribution in [3.05, 3.63) is 57.0 Å². The first-order valence-corrected chi connectivity index (χ1v) is 8.08. The highest BCUT2D eigenvalue weighted by Crippen LogP contribution is 2.30. The highest BCUT2D eigenvalue weighted by atomic mass is 79.9. The molecule has 0 fully saturated rings. The van der Waals surface area contributed by atoms with E-state index in [0.29, 0.717) is 6.04 Å². The molecule has 2 aromatic carbocycles. The summed E-state index contributed by atoms with van der Waals surface area (Å²) < 4.78 is 7.06. The van der Waals surface area contributed by atoms with Crippen molar-refractivity contribution < 1.29 is 4.74 Å². The quantitative estimate of drug-likeness (QED) is 0.730. The number of ether oxygens (including phenoxy) is 1. The van der Waals surface area contributed by atoms with Crippen LogP contribution in [0, 0.1) is 6.92 Å². The summed E-state index contributed by atoms with van der Waals surface area (Å²) in [6.07, 6.45) is 0. The van der Waals surface area contributed by atoms with Crippen LogP contribution in [0.3, 0.4) is 0 Å². The van der Waals surface area contributed by atoms with Gasteiger partial charge in [0.1, 0.15) is 11.5 Å². The smallest absolute Gasteiger partial charge is 0.131 e. The maximum Gasteiger partial charge on any atom is 0.131 e. The van der Waals surface area contributed by atoms with E-state index in [2.05, 4.69) is 41.2 Å². The molecule has 0 aliphatic rings. The molecule has 2 aromatic rings. The molecule has 2 nitrogen and oxygen atoms in total. The average Bonchev–Trinajstić information content (AvgIpc) is 2.43. The van der Waals surface area contributed by atoms with Gasteiger partial charge in [-0.05, 0) is 48.9 Å². The minimum Gasteiger partial charge on any atom is -0.457 e. The molecule has 0 aromatic heterocycles. The zero-order chi connectivity index (χ0) is 15.4. The number of nitrogens with one attached hydrogen (secondary N) is 1. The van der Waals surface area contributed by atoms with Crippen LogP contribution in [-0.4, -0.2) is 6.04 Å². The molecule has 0 aliphatic heterocycles. The van der Waals surface area contributed by atoms with Crippen molar-refractivity contribution in [2.75, 3.05) is 0 Å². The predicted molar refractivity (Wildman–Crippen MR) is 92.4 cm³/mol. The van der Waals surface area contributed by atoms with E-state index in [1.807, 2.05) is 37.3 Å². The maximum atomic E-state index is 6.05. The Morgan fingerprint density at radius 2 is 1.95 bits per heavy atom. The Morgan fingerprint density at radius 3 is 2.62 bits per heavy atom. The van der Waals surface area contributed by atoms with Crippen molar-refractivity contribution in [1.29, 1.82) is 0 Å². The van der Waals surface area contributed by atoms with Gasteiger partial charge >= 0.3 is 0 Å². The van der Waals surface area contributed by atoms with E-state index in [1.165, 1.54) is 0 Å². The Balaban J connectivity index is 2.23. The molecule has 0 saturated carbocycles. The normalized spacial score (nSPS) is 11.0. The monoisotopic (exact) mass is 367 g/mol. The molecule has 2 rings (SSSR count).